The summed E-state index contributed by atoms with van der Waals surface area (Å²) in [5.74, 6) is -0.00263. The van der Waals surface area contributed by atoms with E-state index in [4.69, 9.17) is 4.74 Å². The second-order valence-corrected chi connectivity index (χ2v) is 6.04. The maximum Gasteiger partial charge on any atom is 0.251 e. The van der Waals surface area contributed by atoms with Crippen LogP contribution in [0.5, 0.6) is 0 Å². The normalized spacial score (nSPS) is 18.0. The average molecular weight is 374 g/mol. The molecule has 0 aliphatic carbocycles. The fourth-order valence-corrected chi connectivity index (χ4v) is 2.48. The van der Waals surface area contributed by atoms with Crippen LogP contribution in [0.3, 0.4) is 0 Å². The van der Waals surface area contributed by atoms with E-state index < -0.39 is 0 Å². The van der Waals surface area contributed by atoms with E-state index >= 15 is 0 Å². The first-order chi connectivity index (χ1) is 9.15. The molecule has 2 rings (SSSR count). The van der Waals surface area contributed by atoms with E-state index in [1.54, 1.807) is 0 Å². The summed E-state index contributed by atoms with van der Waals surface area (Å²) in [5, 5.41) is 3.04. The molecule has 1 aliphatic heterocycles. The highest BCUT2D eigenvalue weighted by Gasteiger charge is 2.15. The molecule has 1 heterocycles. The lowest BCUT2D eigenvalue weighted by Gasteiger charge is -2.29. The number of nitrogens with one attached hydrogen (secondary N) is 1. The standard InChI is InChI=1S/C14H19IN2O2/c1-11(10-17-6-8-19-9-7-17)16-14(18)12-2-4-13(15)5-3-12/h2-5,11H,6-10H2,1H3,(H,16,18). The highest BCUT2D eigenvalue weighted by Crippen LogP contribution is 2.07. The van der Waals surface area contributed by atoms with Gasteiger partial charge in [0.15, 0.2) is 0 Å². The van der Waals surface area contributed by atoms with E-state index in [9.17, 15) is 4.79 Å². The van der Waals surface area contributed by atoms with Crippen molar-refractivity contribution < 1.29 is 9.53 Å². The lowest BCUT2D eigenvalue weighted by molar-refractivity contribution is 0.0342. The predicted octanol–water partition coefficient (Wildman–Crippen LogP) is 1.74. The van der Waals surface area contributed by atoms with Gasteiger partial charge in [-0.25, -0.2) is 0 Å². The summed E-state index contributed by atoms with van der Waals surface area (Å²) >= 11 is 2.23. The third-order valence-corrected chi connectivity index (χ3v) is 3.84. The van der Waals surface area contributed by atoms with E-state index in [1.165, 1.54) is 0 Å². The molecule has 1 aromatic rings. The average Bonchev–Trinajstić information content (AvgIpc) is 2.40. The molecular weight excluding hydrogens is 355 g/mol. The maximum atomic E-state index is 12.1. The number of carbonyl (C=O) groups is 1. The summed E-state index contributed by atoms with van der Waals surface area (Å²) in [6.07, 6.45) is 0. The second-order valence-electron chi connectivity index (χ2n) is 4.79. The molecule has 1 aliphatic rings. The zero-order chi connectivity index (χ0) is 13.7. The van der Waals surface area contributed by atoms with Gasteiger partial charge in [-0.05, 0) is 53.8 Å². The summed E-state index contributed by atoms with van der Waals surface area (Å²) in [7, 11) is 0. The summed E-state index contributed by atoms with van der Waals surface area (Å²) in [6, 6.07) is 7.76. The number of hydrogen-bond acceptors (Lipinski definition) is 3. The summed E-state index contributed by atoms with van der Waals surface area (Å²) in [6.45, 7) is 6.39. The van der Waals surface area contributed by atoms with E-state index in [0.29, 0.717) is 5.56 Å². The van der Waals surface area contributed by atoms with Gasteiger partial charge in [0.1, 0.15) is 0 Å². The van der Waals surface area contributed by atoms with Gasteiger partial charge in [0.2, 0.25) is 0 Å². The highest BCUT2D eigenvalue weighted by atomic mass is 127. The lowest BCUT2D eigenvalue weighted by atomic mass is 10.2. The number of nitrogens with zero attached hydrogens (tertiary/aromatic N) is 1. The van der Waals surface area contributed by atoms with Crippen LogP contribution in [0.1, 0.15) is 17.3 Å². The van der Waals surface area contributed by atoms with Gasteiger partial charge in [0, 0.05) is 34.8 Å². The van der Waals surface area contributed by atoms with Crippen molar-refractivity contribution in [2.45, 2.75) is 13.0 Å². The van der Waals surface area contributed by atoms with Crippen molar-refractivity contribution in [1.29, 1.82) is 0 Å². The SMILES string of the molecule is CC(CN1CCOCC1)NC(=O)c1ccc(I)cc1. The van der Waals surface area contributed by atoms with Crippen LogP contribution in [0.25, 0.3) is 0 Å². The Labute approximate surface area is 127 Å². The lowest BCUT2D eigenvalue weighted by Crippen LogP contribution is -2.46. The van der Waals surface area contributed by atoms with Gasteiger partial charge < -0.3 is 10.1 Å². The van der Waals surface area contributed by atoms with Gasteiger partial charge >= 0.3 is 0 Å². The predicted molar refractivity (Wildman–Crippen MR) is 83.3 cm³/mol. The molecule has 0 bridgehead atoms. The number of benzene rings is 1. The summed E-state index contributed by atoms with van der Waals surface area (Å²) in [4.78, 5) is 14.4. The Morgan fingerprint density at radius 3 is 2.63 bits per heavy atom. The number of halogens is 1. The third kappa shape index (κ3) is 4.74. The molecule has 4 nitrogen and oxygen atoms in total. The Kier molecular flexibility index (Phi) is 5.59. The molecule has 1 amide bonds. The van der Waals surface area contributed by atoms with Gasteiger partial charge in [0.05, 0.1) is 13.2 Å². The monoisotopic (exact) mass is 374 g/mol. The first-order valence-corrected chi connectivity index (χ1v) is 7.59. The second kappa shape index (κ2) is 7.21. The number of carbonyl (C=O) groups excluding carboxylic acids is 1. The minimum absolute atomic E-state index is 0.00263. The first-order valence-electron chi connectivity index (χ1n) is 6.51. The van der Waals surface area contributed by atoms with Crippen LogP contribution >= 0.6 is 22.6 Å². The van der Waals surface area contributed by atoms with Gasteiger partial charge in [-0.15, -0.1) is 0 Å². The number of amides is 1. The van der Waals surface area contributed by atoms with Crippen LogP contribution in [0.2, 0.25) is 0 Å². The molecule has 1 fully saturated rings. The topological polar surface area (TPSA) is 41.6 Å². The molecule has 1 atom stereocenters. The van der Waals surface area contributed by atoms with Crippen LogP contribution in [-0.4, -0.2) is 49.7 Å². The van der Waals surface area contributed by atoms with Gasteiger partial charge in [-0.2, -0.15) is 0 Å². The summed E-state index contributed by atoms with van der Waals surface area (Å²) in [5.41, 5.74) is 0.717. The van der Waals surface area contributed by atoms with Gasteiger partial charge in [0.25, 0.3) is 5.91 Å². The number of hydrogen-bond donors (Lipinski definition) is 1. The molecule has 19 heavy (non-hydrogen) atoms. The smallest absolute Gasteiger partial charge is 0.251 e. The Morgan fingerprint density at radius 2 is 2.00 bits per heavy atom. The molecule has 1 saturated heterocycles. The van der Waals surface area contributed by atoms with Crippen molar-refractivity contribution in [3.63, 3.8) is 0 Å². The van der Waals surface area contributed by atoms with Crippen molar-refractivity contribution in [2.75, 3.05) is 32.8 Å². The van der Waals surface area contributed by atoms with Crippen LogP contribution in [-0.2, 0) is 4.74 Å². The molecule has 1 aromatic carbocycles. The zero-order valence-corrected chi connectivity index (χ0v) is 13.2. The quantitative estimate of drug-likeness (QED) is 0.817. The minimum atomic E-state index is -0.00263. The molecule has 1 unspecified atom stereocenters. The van der Waals surface area contributed by atoms with Crippen molar-refractivity contribution in [3.05, 3.63) is 33.4 Å². The molecular formula is C14H19IN2O2. The largest absolute Gasteiger partial charge is 0.379 e. The third-order valence-electron chi connectivity index (χ3n) is 3.12. The van der Waals surface area contributed by atoms with Crippen molar-refractivity contribution >= 4 is 28.5 Å². The fourth-order valence-electron chi connectivity index (χ4n) is 2.13. The van der Waals surface area contributed by atoms with Crippen LogP contribution in [0, 0.1) is 3.57 Å². The van der Waals surface area contributed by atoms with Gasteiger partial charge in [-0.1, -0.05) is 0 Å². The molecule has 104 valence electrons. The van der Waals surface area contributed by atoms with Crippen molar-refractivity contribution in [1.82, 2.24) is 10.2 Å². The Morgan fingerprint density at radius 1 is 1.37 bits per heavy atom. The Hall–Kier alpha value is -0.660. The van der Waals surface area contributed by atoms with E-state index in [-0.39, 0.29) is 11.9 Å². The molecule has 0 spiro atoms. The zero-order valence-electron chi connectivity index (χ0n) is 11.1. The van der Waals surface area contributed by atoms with Crippen molar-refractivity contribution in [2.24, 2.45) is 0 Å². The number of ether oxygens (including phenoxy) is 1. The van der Waals surface area contributed by atoms with E-state index in [1.807, 2.05) is 31.2 Å². The Balaban J connectivity index is 1.82. The highest BCUT2D eigenvalue weighted by molar-refractivity contribution is 14.1. The molecule has 0 saturated carbocycles. The molecule has 5 heteroatoms. The van der Waals surface area contributed by atoms with Crippen LogP contribution < -0.4 is 5.32 Å². The minimum Gasteiger partial charge on any atom is -0.379 e. The Bertz CT molecular complexity index is 416. The molecule has 0 aromatic heterocycles. The maximum absolute atomic E-state index is 12.1. The first kappa shape index (κ1) is 14.7. The summed E-state index contributed by atoms with van der Waals surface area (Å²) < 4.78 is 6.45. The van der Waals surface area contributed by atoms with Crippen molar-refractivity contribution in [3.8, 4) is 0 Å². The van der Waals surface area contributed by atoms with E-state index in [0.717, 1.165) is 36.4 Å². The van der Waals surface area contributed by atoms with Crippen LogP contribution in [0.4, 0.5) is 0 Å². The number of rotatable bonds is 4. The fraction of sp³-hybridized carbons (Fsp3) is 0.500. The van der Waals surface area contributed by atoms with Crippen LogP contribution in [0.15, 0.2) is 24.3 Å². The van der Waals surface area contributed by atoms with E-state index in [2.05, 4.69) is 32.8 Å². The van der Waals surface area contributed by atoms with Gasteiger partial charge in [-0.3, -0.25) is 9.69 Å². The number of morpholine rings is 1. The molecule has 0 radical (unpaired) electrons. The molecule has 1 N–H and O–H groups in total.